The van der Waals surface area contributed by atoms with Gasteiger partial charge >= 0.3 is 0 Å². The third-order valence-electron chi connectivity index (χ3n) is 2.78. The lowest BCUT2D eigenvalue weighted by Gasteiger charge is -2.02. The van der Waals surface area contributed by atoms with Gasteiger partial charge in [0.25, 0.3) is 0 Å². The molecule has 1 aliphatic heterocycles. The molecule has 1 nitrogen and oxygen atoms in total. The first kappa shape index (κ1) is 8.34. The van der Waals surface area contributed by atoms with Crippen LogP contribution >= 0.6 is 0 Å². The fraction of sp³-hybridized carbons (Fsp3) is 0.0714. The van der Waals surface area contributed by atoms with Gasteiger partial charge in [0.15, 0.2) is 0 Å². The summed E-state index contributed by atoms with van der Waals surface area (Å²) in [5.41, 5.74) is 5.17. The monoisotopic (exact) mass is 194 g/mol. The van der Waals surface area contributed by atoms with Gasteiger partial charge in [-0.25, -0.2) is 0 Å². The summed E-state index contributed by atoms with van der Waals surface area (Å²) in [6.07, 6.45) is 0. The molecule has 0 amide bonds. The molecule has 0 fully saturated rings. The molecule has 0 bridgehead atoms. The zero-order valence-electron chi connectivity index (χ0n) is 8.29. The predicted octanol–water partition coefficient (Wildman–Crippen LogP) is 3.40. The number of hydrogen-bond acceptors (Lipinski definition) is 1. The number of ether oxygens (including phenoxy) is 1. The average Bonchev–Trinajstić information content (AvgIpc) is 2.72. The Kier molecular flexibility index (Phi) is 1.67. The first-order valence-corrected chi connectivity index (χ1v) is 4.94. The van der Waals surface area contributed by atoms with Crippen LogP contribution in [0.2, 0.25) is 0 Å². The van der Waals surface area contributed by atoms with Crippen molar-refractivity contribution in [2.75, 3.05) is 6.61 Å². The highest BCUT2D eigenvalue weighted by molar-refractivity contribution is 5.97. The largest absolute Gasteiger partial charge is 0.488 e. The summed E-state index contributed by atoms with van der Waals surface area (Å²) in [4.78, 5) is 0. The van der Waals surface area contributed by atoms with Crippen LogP contribution in [0.25, 0.3) is 16.3 Å². The van der Waals surface area contributed by atoms with Gasteiger partial charge in [-0.1, -0.05) is 36.9 Å². The standard InChI is InChI=1S/C14H10O/c1-2-10-9-15-13-8-7-11-5-3-4-6-12(11)14(10)13/h3-8H,1,9H2. The summed E-state index contributed by atoms with van der Waals surface area (Å²) in [5, 5.41) is 2.45. The van der Waals surface area contributed by atoms with Crippen molar-refractivity contribution < 1.29 is 4.74 Å². The minimum absolute atomic E-state index is 0.590. The fourth-order valence-electron chi connectivity index (χ4n) is 2.04. The second-order valence-corrected chi connectivity index (χ2v) is 3.60. The Morgan fingerprint density at radius 3 is 2.87 bits per heavy atom. The number of hydrogen-bond donors (Lipinski definition) is 0. The zero-order valence-corrected chi connectivity index (χ0v) is 8.29. The molecule has 1 heteroatoms. The maximum absolute atomic E-state index is 5.57. The van der Waals surface area contributed by atoms with Crippen LogP contribution in [0.4, 0.5) is 0 Å². The van der Waals surface area contributed by atoms with E-state index in [1.165, 1.54) is 10.8 Å². The van der Waals surface area contributed by atoms with Gasteiger partial charge in [-0.15, -0.1) is 5.73 Å². The molecule has 0 radical (unpaired) electrons. The van der Waals surface area contributed by atoms with Gasteiger partial charge in [0, 0.05) is 11.1 Å². The summed E-state index contributed by atoms with van der Waals surface area (Å²) >= 11 is 0. The lowest BCUT2D eigenvalue weighted by Crippen LogP contribution is -1.85. The fourth-order valence-corrected chi connectivity index (χ4v) is 2.04. The molecule has 0 unspecified atom stereocenters. The van der Waals surface area contributed by atoms with Crippen LogP contribution in [0.3, 0.4) is 0 Å². The molecule has 0 N–H and O–H groups in total. The molecule has 0 spiro atoms. The summed E-state index contributed by atoms with van der Waals surface area (Å²) < 4.78 is 5.57. The van der Waals surface area contributed by atoms with Gasteiger partial charge in [-0.3, -0.25) is 0 Å². The molecule has 0 atom stereocenters. The van der Waals surface area contributed by atoms with E-state index in [4.69, 9.17) is 4.74 Å². The van der Waals surface area contributed by atoms with E-state index in [1.807, 2.05) is 18.2 Å². The van der Waals surface area contributed by atoms with Crippen molar-refractivity contribution in [3.8, 4) is 5.75 Å². The van der Waals surface area contributed by atoms with E-state index in [0.717, 1.165) is 16.9 Å². The first-order chi connectivity index (χ1) is 7.40. The van der Waals surface area contributed by atoms with Gasteiger partial charge < -0.3 is 4.74 Å². The smallest absolute Gasteiger partial charge is 0.128 e. The van der Waals surface area contributed by atoms with Crippen LogP contribution in [-0.2, 0) is 0 Å². The molecule has 1 heterocycles. The van der Waals surface area contributed by atoms with Crippen LogP contribution in [0.1, 0.15) is 5.56 Å². The summed E-state index contributed by atoms with van der Waals surface area (Å²) in [6.45, 7) is 4.30. The van der Waals surface area contributed by atoms with Crippen LogP contribution in [-0.4, -0.2) is 6.61 Å². The molecule has 3 rings (SSSR count). The Morgan fingerprint density at radius 1 is 1.13 bits per heavy atom. The maximum atomic E-state index is 5.57. The molecular formula is C14H10O. The molecule has 2 aromatic rings. The predicted molar refractivity (Wildman–Crippen MR) is 62.0 cm³/mol. The van der Waals surface area contributed by atoms with Gasteiger partial charge in [-0.05, 0) is 16.8 Å². The van der Waals surface area contributed by atoms with Gasteiger partial charge in [-0.2, -0.15) is 0 Å². The number of rotatable bonds is 0. The van der Waals surface area contributed by atoms with Gasteiger partial charge in [0.2, 0.25) is 0 Å². The van der Waals surface area contributed by atoms with Gasteiger partial charge in [0.05, 0.1) is 0 Å². The lowest BCUT2D eigenvalue weighted by atomic mass is 10.00. The van der Waals surface area contributed by atoms with E-state index in [0.29, 0.717) is 6.61 Å². The molecule has 0 aliphatic carbocycles. The van der Waals surface area contributed by atoms with Crippen LogP contribution in [0.5, 0.6) is 5.75 Å². The first-order valence-electron chi connectivity index (χ1n) is 4.94. The summed E-state index contributed by atoms with van der Waals surface area (Å²) in [6, 6.07) is 12.4. The highest BCUT2D eigenvalue weighted by Gasteiger charge is 2.19. The van der Waals surface area contributed by atoms with E-state index in [2.05, 4.69) is 30.5 Å². The van der Waals surface area contributed by atoms with Crippen molar-refractivity contribution in [2.24, 2.45) is 0 Å². The third-order valence-corrected chi connectivity index (χ3v) is 2.78. The van der Waals surface area contributed by atoms with Crippen LogP contribution in [0.15, 0.2) is 48.7 Å². The number of benzene rings is 2. The van der Waals surface area contributed by atoms with E-state index in [-0.39, 0.29) is 0 Å². The minimum Gasteiger partial charge on any atom is -0.488 e. The normalized spacial score (nSPS) is 13.5. The molecule has 0 saturated heterocycles. The van der Waals surface area contributed by atoms with E-state index < -0.39 is 0 Å². The van der Waals surface area contributed by atoms with Crippen LogP contribution in [0, 0.1) is 0 Å². The van der Waals surface area contributed by atoms with E-state index >= 15 is 0 Å². The van der Waals surface area contributed by atoms with Crippen molar-refractivity contribution in [1.82, 2.24) is 0 Å². The Balaban J connectivity index is 2.48. The molecule has 0 aromatic heterocycles. The third kappa shape index (κ3) is 1.11. The highest BCUT2D eigenvalue weighted by atomic mass is 16.5. The second kappa shape index (κ2) is 3.01. The summed E-state index contributed by atoms with van der Waals surface area (Å²) in [5.74, 6) is 0.944. The van der Waals surface area contributed by atoms with Crippen molar-refractivity contribution in [2.45, 2.75) is 0 Å². The van der Waals surface area contributed by atoms with E-state index in [9.17, 15) is 0 Å². The van der Waals surface area contributed by atoms with E-state index in [1.54, 1.807) is 0 Å². The molecule has 1 aliphatic rings. The molecule has 15 heavy (non-hydrogen) atoms. The van der Waals surface area contributed by atoms with Crippen molar-refractivity contribution >= 4 is 16.3 Å². The number of fused-ring (bicyclic) bond motifs is 3. The lowest BCUT2D eigenvalue weighted by molar-refractivity contribution is 0.389. The maximum Gasteiger partial charge on any atom is 0.128 e. The zero-order chi connectivity index (χ0) is 10.3. The molecule has 72 valence electrons. The van der Waals surface area contributed by atoms with Gasteiger partial charge in [0.1, 0.15) is 12.4 Å². The Morgan fingerprint density at radius 2 is 2.00 bits per heavy atom. The minimum atomic E-state index is 0.590. The highest BCUT2D eigenvalue weighted by Crippen LogP contribution is 2.37. The summed E-state index contributed by atoms with van der Waals surface area (Å²) in [7, 11) is 0. The second-order valence-electron chi connectivity index (χ2n) is 3.60. The van der Waals surface area contributed by atoms with Crippen molar-refractivity contribution in [3.63, 3.8) is 0 Å². The van der Waals surface area contributed by atoms with Crippen LogP contribution < -0.4 is 4.74 Å². The Bertz CT molecular complexity index is 589. The quantitative estimate of drug-likeness (QED) is 0.584. The molecular weight excluding hydrogens is 184 g/mol. The molecule has 2 aromatic carbocycles. The average molecular weight is 194 g/mol. The SMILES string of the molecule is C=C=C1COc2ccc3ccccc3c21. The van der Waals surface area contributed by atoms with Crippen molar-refractivity contribution in [1.29, 1.82) is 0 Å². The van der Waals surface area contributed by atoms with Crippen molar-refractivity contribution in [3.05, 3.63) is 54.3 Å². The Labute approximate surface area is 88.3 Å². The molecule has 0 saturated carbocycles. The Hall–Kier alpha value is -1.98. The topological polar surface area (TPSA) is 9.23 Å².